The molecule has 0 spiro atoms. The highest BCUT2D eigenvalue weighted by Gasteiger charge is 2.34. The summed E-state index contributed by atoms with van der Waals surface area (Å²) in [6.45, 7) is 2.59. The molecular formula is C28H34F4N3O4+. The standard InChI is InChI=1S/C28H33F4N3O4/c1-35(13-6-4-2-3-5-10-23(36)37)14-11-18(12-15-35)27(38)19-8-7-9-20(16-19)34(28(33)39)22-17-21(29)24(30)26(32)25(22)31/h7-9,16-18H,2-6,10-15H2,1H3,(H2-,33,36,37,39)/p+1. The number of nitrogens with zero attached hydrogens (tertiary/aromatic N) is 2. The van der Waals surface area contributed by atoms with Crippen molar-refractivity contribution in [3.63, 3.8) is 0 Å². The molecule has 0 aliphatic carbocycles. The number of unbranched alkanes of at least 4 members (excludes halogenated alkanes) is 4. The number of primary amides is 1. The molecular weight excluding hydrogens is 518 g/mol. The van der Waals surface area contributed by atoms with Crippen LogP contribution in [-0.2, 0) is 4.79 Å². The number of nitrogens with two attached hydrogens (primary N) is 1. The van der Waals surface area contributed by atoms with Gasteiger partial charge in [0.15, 0.2) is 29.1 Å². The summed E-state index contributed by atoms with van der Waals surface area (Å²) in [5, 5.41) is 8.70. The number of aliphatic carboxylic acids is 1. The van der Waals surface area contributed by atoms with Crippen molar-refractivity contribution < 1.29 is 41.5 Å². The van der Waals surface area contributed by atoms with Crippen molar-refractivity contribution in [3.8, 4) is 0 Å². The maximum atomic E-state index is 14.4. The summed E-state index contributed by atoms with van der Waals surface area (Å²) in [7, 11) is 2.16. The number of Topliss-reactive ketones (excluding diaryl/α,β-unsaturated/α-hetero) is 1. The number of carboxylic acids is 1. The molecule has 1 fully saturated rings. The van der Waals surface area contributed by atoms with Gasteiger partial charge in [0, 0.05) is 36.8 Å². The van der Waals surface area contributed by atoms with Crippen LogP contribution in [0.5, 0.6) is 0 Å². The average molecular weight is 553 g/mol. The van der Waals surface area contributed by atoms with E-state index in [-0.39, 0.29) is 29.4 Å². The van der Waals surface area contributed by atoms with Crippen molar-refractivity contribution in [1.29, 1.82) is 0 Å². The lowest BCUT2D eigenvalue weighted by atomic mass is 9.87. The molecule has 0 aromatic heterocycles. The maximum Gasteiger partial charge on any atom is 0.323 e. The Bertz CT molecular complexity index is 1220. The number of piperidine rings is 1. The van der Waals surface area contributed by atoms with E-state index in [9.17, 15) is 31.9 Å². The number of likely N-dealkylation sites (tertiary alicyclic amines) is 1. The minimum Gasteiger partial charge on any atom is -0.481 e. The van der Waals surface area contributed by atoms with E-state index in [0.717, 1.165) is 49.8 Å². The Balaban J connectivity index is 1.63. The number of halogens is 4. The number of amides is 2. The molecule has 0 bridgehead atoms. The quantitative estimate of drug-likeness (QED) is 0.0852. The van der Waals surface area contributed by atoms with Gasteiger partial charge in [0.1, 0.15) is 0 Å². The van der Waals surface area contributed by atoms with Gasteiger partial charge in [0.05, 0.1) is 38.1 Å². The van der Waals surface area contributed by atoms with Gasteiger partial charge in [0.25, 0.3) is 0 Å². The lowest BCUT2D eigenvalue weighted by molar-refractivity contribution is -0.915. The van der Waals surface area contributed by atoms with Crippen molar-refractivity contribution >= 4 is 29.2 Å². The molecule has 0 radical (unpaired) electrons. The highest BCUT2D eigenvalue weighted by Crippen LogP contribution is 2.33. The third kappa shape index (κ3) is 7.56. The minimum atomic E-state index is -2.08. The molecule has 2 aromatic rings. The molecule has 1 aliphatic heterocycles. The van der Waals surface area contributed by atoms with Gasteiger partial charge in [-0.1, -0.05) is 25.0 Å². The first-order valence-corrected chi connectivity index (χ1v) is 13.1. The monoisotopic (exact) mass is 552 g/mol. The molecule has 0 saturated carbocycles. The Labute approximate surface area is 224 Å². The van der Waals surface area contributed by atoms with Gasteiger partial charge in [-0.2, -0.15) is 0 Å². The van der Waals surface area contributed by atoms with E-state index < -0.39 is 41.0 Å². The van der Waals surface area contributed by atoms with Crippen LogP contribution in [0, 0.1) is 29.2 Å². The van der Waals surface area contributed by atoms with Gasteiger partial charge in [0.2, 0.25) is 0 Å². The van der Waals surface area contributed by atoms with Gasteiger partial charge in [-0.25, -0.2) is 22.4 Å². The number of anilines is 2. The summed E-state index contributed by atoms with van der Waals surface area (Å²) >= 11 is 0. The molecule has 212 valence electrons. The highest BCUT2D eigenvalue weighted by atomic mass is 19.2. The Morgan fingerprint density at radius 2 is 1.59 bits per heavy atom. The molecule has 3 N–H and O–H groups in total. The lowest BCUT2D eigenvalue weighted by Crippen LogP contribution is -2.51. The molecule has 39 heavy (non-hydrogen) atoms. The van der Waals surface area contributed by atoms with Gasteiger partial charge < -0.3 is 15.3 Å². The minimum absolute atomic E-state index is 0.0857. The van der Waals surface area contributed by atoms with Crippen molar-refractivity contribution in [1.82, 2.24) is 0 Å². The van der Waals surface area contributed by atoms with Crippen LogP contribution in [0.15, 0.2) is 30.3 Å². The highest BCUT2D eigenvalue weighted by molar-refractivity contribution is 6.02. The molecule has 2 amide bonds. The predicted molar refractivity (Wildman–Crippen MR) is 138 cm³/mol. The van der Waals surface area contributed by atoms with E-state index in [1.165, 1.54) is 18.2 Å². The average Bonchev–Trinajstić information content (AvgIpc) is 2.90. The van der Waals surface area contributed by atoms with Crippen molar-refractivity contribution in [2.24, 2.45) is 11.7 Å². The largest absolute Gasteiger partial charge is 0.481 e. The molecule has 1 aliphatic rings. The van der Waals surface area contributed by atoms with Crippen molar-refractivity contribution in [2.75, 3.05) is 31.6 Å². The van der Waals surface area contributed by atoms with Crippen LogP contribution in [0.25, 0.3) is 0 Å². The SMILES string of the molecule is C[N+]1(CCCCCCCC(=O)O)CCC(C(=O)c2cccc(N(C(N)=O)c3cc(F)c(F)c(F)c3F)c2)CC1. The van der Waals surface area contributed by atoms with Crippen LogP contribution in [0.4, 0.5) is 33.7 Å². The number of benzene rings is 2. The Kier molecular flexibility index (Phi) is 10.1. The zero-order chi connectivity index (χ0) is 28.7. The number of carbonyl (C=O) groups excluding carboxylic acids is 2. The topological polar surface area (TPSA) is 101 Å². The van der Waals surface area contributed by atoms with Crippen LogP contribution in [0.2, 0.25) is 0 Å². The van der Waals surface area contributed by atoms with E-state index in [4.69, 9.17) is 10.8 Å². The number of hydrogen-bond donors (Lipinski definition) is 2. The first kappa shape index (κ1) is 30.1. The van der Waals surface area contributed by atoms with Gasteiger partial charge in [-0.05, 0) is 31.4 Å². The lowest BCUT2D eigenvalue weighted by Gasteiger charge is -2.40. The Morgan fingerprint density at radius 3 is 2.23 bits per heavy atom. The van der Waals surface area contributed by atoms with E-state index in [2.05, 4.69) is 7.05 Å². The molecule has 0 unspecified atom stereocenters. The van der Waals surface area contributed by atoms with Crippen LogP contribution in [-0.4, -0.2) is 54.1 Å². The second-order valence-corrected chi connectivity index (χ2v) is 10.4. The summed E-state index contributed by atoms with van der Waals surface area (Å²) in [5.74, 6) is -8.76. The summed E-state index contributed by atoms with van der Waals surface area (Å²) in [5.41, 5.74) is 4.61. The van der Waals surface area contributed by atoms with Crippen LogP contribution in [0.1, 0.15) is 61.7 Å². The van der Waals surface area contributed by atoms with Crippen molar-refractivity contribution in [2.45, 2.75) is 51.4 Å². The molecule has 7 nitrogen and oxygen atoms in total. The third-order valence-electron chi connectivity index (χ3n) is 7.43. The van der Waals surface area contributed by atoms with E-state index in [0.29, 0.717) is 30.2 Å². The fraction of sp³-hybridized carbons (Fsp3) is 0.464. The first-order chi connectivity index (χ1) is 18.4. The number of hydrogen-bond acceptors (Lipinski definition) is 3. The van der Waals surface area contributed by atoms with Gasteiger partial charge in [-0.15, -0.1) is 0 Å². The summed E-state index contributed by atoms with van der Waals surface area (Å²) in [4.78, 5) is 36.5. The second kappa shape index (κ2) is 13.1. The number of ketones is 1. The van der Waals surface area contributed by atoms with E-state index >= 15 is 0 Å². The normalized spacial score (nSPS) is 19.1. The Hall–Kier alpha value is -3.47. The predicted octanol–water partition coefficient (Wildman–Crippen LogP) is 5.92. The molecule has 1 saturated heterocycles. The zero-order valence-corrected chi connectivity index (χ0v) is 21.9. The smallest absolute Gasteiger partial charge is 0.323 e. The summed E-state index contributed by atoms with van der Waals surface area (Å²) in [6.07, 6.45) is 6.14. The fourth-order valence-electron chi connectivity index (χ4n) is 5.12. The van der Waals surface area contributed by atoms with Crippen LogP contribution in [0.3, 0.4) is 0 Å². The first-order valence-electron chi connectivity index (χ1n) is 13.1. The van der Waals surface area contributed by atoms with E-state index in [1.54, 1.807) is 6.07 Å². The third-order valence-corrected chi connectivity index (χ3v) is 7.43. The second-order valence-electron chi connectivity index (χ2n) is 10.4. The maximum absolute atomic E-state index is 14.4. The van der Waals surface area contributed by atoms with Gasteiger partial charge >= 0.3 is 12.0 Å². The summed E-state index contributed by atoms with van der Waals surface area (Å²) in [6, 6.07) is 4.70. The van der Waals surface area contributed by atoms with Crippen molar-refractivity contribution in [3.05, 3.63) is 59.2 Å². The van der Waals surface area contributed by atoms with Crippen LogP contribution < -0.4 is 10.6 Å². The number of quaternary nitrogens is 1. The molecule has 1 heterocycles. The van der Waals surface area contributed by atoms with Gasteiger partial charge in [-0.3, -0.25) is 14.5 Å². The number of urea groups is 1. The number of carboxylic acid groups (broad SMARTS) is 1. The number of rotatable bonds is 12. The summed E-state index contributed by atoms with van der Waals surface area (Å²) < 4.78 is 56.4. The zero-order valence-electron chi connectivity index (χ0n) is 21.9. The molecule has 3 rings (SSSR count). The molecule has 11 heteroatoms. The Morgan fingerprint density at radius 1 is 0.949 bits per heavy atom. The number of carbonyl (C=O) groups is 3. The van der Waals surface area contributed by atoms with Crippen LogP contribution >= 0.6 is 0 Å². The van der Waals surface area contributed by atoms with E-state index in [1.807, 2.05) is 0 Å². The molecule has 0 atom stereocenters. The molecule has 2 aromatic carbocycles. The fourth-order valence-corrected chi connectivity index (χ4v) is 5.12.